The van der Waals surface area contributed by atoms with Crippen LogP contribution in [-0.4, -0.2) is 25.5 Å². The van der Waals surface area contributed by atoms with Crippen molar-refractivity contribution in [2.75, 3.05) is 29.4 Å². The molecular weight excluding hydrogens is 250 g/mol. The fourth-order valence-corrected chi connectivity index (χ4v) is 2.76. The molecule has 106 valence electrons. The number of anilines is 2. The number of rotatable bonds is 3. The number of unbranched alkanes of at least 4 members (excludes halogenated alkanes) is 1. The molecule has 4 heteroatoms. The topological polar surface area (TPSA) is 47.3 Å². The number of carbonyl (C=O) groups excluding carboxylic acids is 1. The van der Waals surface area contributed by atoms with E-state index < -0.39 is 0 Å². The first kappa shape index (κ1) is 14.4. The summed E-state index contributed by atoms with van der Waals surface area (Å²) in [6, 6.07) is 10.2. The van der Waals surface area contributed by atoms with Crippen LogP contribution < -0.4 is 9.80 Å². The highest BCUT2D eigenvalue weighted by molar-refractivity contribution is 5.95. The Hall–Kier alpha value is -2.02. The van der Waals surface area contributed by atoms with Gasteiger partial charge in [0.2, 0.25) is 5.91 Å². The summed E-state index contributed by atoms with van der Waals surface area (Å²) in [7, 11) is 0. The van der Waals surface area contributed by atoms with E-state index in [-0.39, 0.29) is 5.91 Å². The standard InChI is InChI=1S/C16H21N3O/c1-13-11-18(10-6-5-9-17)15-7-3-4-8-16(15)19(12-13)14(2)20/h3-4,7-8,13H,5-6,10-12H2,1-2H3. The summed E-state index contributed by atoms with van der Waals surface area (Å²) >= 11 is 0. The Bertz CT molecular complexity index is 521. The van der Waals surface area contributed by atoms with E-state index in [0.717, 1.165) is 37.4 Å². The molecule has 0 N–H and O–H groups in total. The molecule has 1 aromatic rings. The first-order valence-electron chi connectivity index (χ1n) is 7.12. The lowest BCUT2D eigenvalue weighted by Crippen LogP contribution is -2.33. The Labute approximate surface area is 120 Å². The molecule has 1 unspecified atom stereocenters. The Balaban J connectivity index is 2.31. The lowest BCUT2D eigenvalue weighted by atomic mass is 10.1. The predicted octanol–water partition coefficient (Wildman–Crippen LogP) is 2.80. The predicted molar refractivity (Wildman–Crippen MR) is 80.7 cm³/mol. The number of carbonyl (C=O) groups is 1. The van der Waals surface area contributed by atoms with E-state index in [1.54, 1.807) is 6.92 Å². The van der Waals surface area contributed by atoms with E-state index in [0.29, 0.717) is 12.3 Å². The summed E-state index contributed by atoms with van der Waals surface area (Å²) in [4.78, 5) is 16.1. The van der Waals surface area contributed by atoms with Crippen molar-refractivity contribution in [3.8, 4) is 6.07 Å². The Morgan fingerprint density at radius 1 is 1.35 bits per heavy atom. The van der Waals surface area contributed by atoms with Crippen LogP contribution in [0.3, 0.4) is 0 Å². The molecule has 1 heterocycles. The third-order valence-electron chi connectivity index (χ3n) is 3.64. The normalized spacial score (nSPS) is 18.1. The summed E-state index contributed by atoms with van der Waals surface area (Å²) in [5.41, 5.74) is 2.09. The van der Waals surface area contributed by atoms with Gasteiger partial charge in [-0.05, 0) is 24.5 Å². The van der Waals surface area contributed by atoms with Crippen molar-refractivity contribution >= 4 is 17.3 Å². The largest absolute Gasteiger partial charge is 0.369 e. The van der Waals surface area contributed by atoms with E-state index in [4.69, 9.17) is 5.26 Å². The highest BCUT2D eigenvalue weighted by atomic mass is 16.2. The van der Waals surface area contributed by atoms with Crippen LogP contribution in [0.15, 0.2) is 24.3 Å². The molecule has 1 amide bonds. The number of hydrogen-bond acceptors (Lipinski definition) is 3. The van der Waals surface area contributed by atoms with E-state index in [2.05, 4.69) is 24.0 Å². The van der Waals surface area contributed by atoms with E-state index in [1.807, 2.05) is 23.1 Å². The molecule has 2 rings (SSSR count). The lowest BCUT2D eigenvalue weighted by Gasteiger charge is -2.26. The number of fused-ring (bicyclic) bond motifs is 1. The molecule has 1 aliphatic rings. The van der Waals surface area contributed by atoms with Gasteiger partial charge in [-0.15, -0.1) is 0 Å². The van der Waals surface area contributed by atoms with Crippen LogP contribution in [0.2, 0.25) is 0 Å². The first-order valence-corrected chi connectivity index (χ1v) is 7.12. The number of amides is 1. The maximum atomic E-state index is 11.9. The smallest absolute Gasteiger partial charge is 0.223 e. The molecule has 0 saturated heterocycles. The maximum Gasteiger partial charge on any atom is 0.223 e. The third kappa shape index (κ3) is 3.11. The molecule has 4 nitrogen and oxygen atoms in total. The number of nitrogens with zero attached hydrogens (tertiary/aromatic N) is 3. The van der Waals surface area contributed by atoms with Gasteiger partial charge in [0.05, 0.1) is 17.4 Å². The molecule has 0 fully saturated rings. The average Bonchev–Trinajstić information content (AvgIpc) is 2.57. The van der Waals surface area contributed by atoms with Gasteiger partial charge in [0.15, 0.2) is 0 Å². The van der Waals surface area contributed by atoms with Crippen molar-refractivity contribution in [3.63, 3.8) is 0 Å². The second kappa shape index (κ2) is 6.42. The minimum Gasteiger partial charge on any atom is -0.369 e. The zero-order valence-corrected chi connectivity index (χ0v) is 12.2. The van der Waals surface area contributed by atoms with Gasteiger partial charge in [-0.3, -0.25) is 4.79 Å². The molecular formula is C16H21N3O. The van der Waals surface area contributed by atoms with Crippen molar-refractivity contribution in [1.29, 1.82) is 5.26 Å². The van der Waals surface area contributed by atoms with Crippen molar-refractivity contribution in [3.05, 3.63) is 24.3 Å². The maximum absolute atomic E-state index is 11.9. The minimum absolute atomic E-state index is 0.0863. The van der Waals surface area contributed by atoms with Crippen LogP contribution in [-0.2, 0) is 4.79 Å². The highest BCUT2D eigenvalue weighted by Crippen LogP contribution is 2.33. The summed E-state index contributed by atoms with van der Waals surface area (Å²) in [6.45, 7) is 6.32. The van der Waals surface area contributed by atoms with Gasteiger partial charge in [-0.2, -0.15) is 5.26 Å². The number of benzene rings is 1. The number of para-hydroxylation sites is 2. The molecule has 0 aromatic heterocycles. The van der Waals surface area contributed by atoms with Crippen LogP contribution >= 0.6 is 0 Å². The molecule has 1 aliphatic heterocycles. The summed E-state index contributed by atoms with van der Waals surface area (Å²) in [6.07, 6.45) is 1.43. The molecule has 0 radical (unpaired) electrons. The SMILES string of the molecule is CC(=O)N1CC(C)CN(CCCC#N)c2ccccc21. The molecule has 1 atom stereocenters. The van der Waals surface area contributed by atoms with Gasteiger partial charge in [0, 0.05) is 33.0 Å². The Morgan fingerprint density at radius 3 is 2.70 bits per heavy atom. The second-order valence-electron chi connectivity index (χ2n) is 5.43. The second-order valence-corrected chi connectivity index (χ2v) is 5.43. The zero-order chi connectivity index (χ0) is 14.5. The fourth-order valence-electron chi connectivity index (χ4n) is 2.76. The molecule has 0 aliphatic carbocycles. The average molecular weight is 271 g/mol. The number of nitriles is 1. The van der Waals surface area contributed by atoms with Gasteiger partial charge in [-0.25, -0.2) is 0 Å². The molecule has 0 saturated carbocycles. The third-order valence-corrected chi connectivity index (χ3v) is 3.64. The summed E-state index contributed by atoms with van der Waals surface area (Å²) in [5.74, 6) is 0.497. The van der Waals surface area contributed by atoms with Crippen LogP contribution in [0, 0.1) is 17.2 Å². The lowest BCUT2D eigenvalue weighted by molar-refractivity contribution is -0.116. The van der Waals surface area contributed by atoms with E-state index >= 15 is 0 Å². The number of hydrogen-bond donors (Lipinski definition) is 0. The van der Waals surface area contributed by atoms with Crippen LogP contribution in [0.1, 0.15) is 26.7 Å². The summed E-state index contributed by atoms with van der Waals surface area (Å²) < 4.78 is 0. The zero-order valence-electron chi connectivity index (χ0n) is 12.2. The van der Waals surface area contributed by atoms with Gasteiger partial charge in [0.1, 0.15) is 0 Å². The first-order chi connectivity index (χ1) is 9.63. The van der Waals surface area contributed by atoms with Crippen LogP contribution in [0.4, 0.5) is 11.4 Å². The van der Waals surface area contributed by atoms with E-state index in [1.165, 1.54) is 0 Å². The van der Waals surface area contributed by atoms with Gasteiger partial charge in [0.25, 0.3) is 0 Å². The highest BCUT2D eigenvalue weighted by Gasteiger charge is 2.25. The molecule has 0 spiro atoms. The van der Waals surface area contributed by atoms with Crippen LogP contribution in [0.5, 0.6) is 0 Å². The van der Waals surface area contributed by atoms with E-state index in [9.17, 15) is 4.79 Å². The summed E-state index contributed by atoms with van der Waals surface area (Å²) in [5, 5.41) is 8.69. The van der Waals surface area contributed by atoms with Gasteiger partial charge < -0.3 is 9.80 Å². The molecule has 20 heavy (non-hydrogen) atoms. The van der Waals surface area contributed by atoms with Crippen molar-refractivity contribution in [2.45, 2.75) is 26.7 Å². The fraction of sp³-hybridized carbons (Fsp3) is 0.500. The van der Waals surface area contributed by atoms with Crippen molar-refractivity contribution < 1.29 is 4.79 Å². The van der Waals surface area contributed by atoms with Gasteiger partial charge >= 0.3 is 0 Å². The molecule has 0 bridgehead atoms. The van der Waals surface area contributed by atoms with Gasteiger partial charge in [-0.1, -0.05) is 19.1 Å². The monoisotopic (exact) mass is 271 g/mol. The Morgan fingerprint density at radius 2 is 2.05 bits per heavy atom. The Kier molecular flexibility index (Phi) is 4.62. The van der Waals surface area contributed by atoms with Crippen molar-refractivity contribution in [2.24, 2.45) is 5.92 Å². The van der Waals surface area contributed by atoms with Crippen LogP contribution in [0.25, 0.3) is 0 Å². The van der Waals surface area contributed by atoms with Crippen molar-refractivity contribution in [1.82, 2.24) is 0 Å². The minimum atomic E-state index is 0.0863. The molecule has 1 aromatic carbocycles. The quantitative estimate of drug-likeness (QED) is 0.794.